The number of aliphatic imine (C=N–C) groups is 1. The Labute approximate surface area is 186 Å². The zero-order valence-electron chi connectivity index (χ0n) is 16.0. The second kappa shape index (κ2) is 9.39. The van der Waals surface area contributed by atoms with Crippen LogP contribution in [-0.4, -0.2) is 49.4 Å². The van der Waals surface area contributed by atoms with Crippen LogP contribution in [0.15, 0.2) is 34.0 Å². The first-order chi connectivity index (χ1) is 13.2. The van der Waals surface area contributed by atoms with Gasteiger partial charge in [0.25, 0.3) is 0 Å². The smallest absolute Gasteiger partial charge is 0.233 e. The first-order valence-electron chi connectivity index (χ1n) is 9.68. The molecule has 152 valence electrons. The second-order valence-electron chi connectivity index (χ2n) is 7.49. The van der Waals surface area contributed by atoms with Gasteiger partial charge in [0, 0.05) is 26.7 Å². The third kappa shape index (κ3) is 4.12. The van der Waals surface area contributed by atoms with Gasteiger partial charge in [0.05, 0.1) is 11.8 Å². The molecule has 1 saturated heterocycles. The molecule has 1 aromatic rings. The number of thiophene rings is 1. The monoisotopic (exact) mass is 514 g/mol. The Balaban J connectivity index is 0.00000225. The molecular weight excluding hydrogens is 487 g/mol. The number of hydrogen-bond acceptors (Lipinski definition) is 4. The number of likely N-dealkylation sites (tertiary alicyclic amines) is 1. The third-order valence-corrected chi connectivity index (χ3v) is 6.65. The van der Waals surface area contributed by atoms with E-state index in [-0.39, 0.29) is 59.5 Å². The van der Waals surface area contributed by atoms with Crippen LogP contribution in [0.25, 0.3) is 0 Å². The molecule has 6 nitrogen and oxygen atoms in total. The van der Waals surface area contributed by atoms with Crippen molar-refractivity contribution >= 4 is 53.1 Å². The molecule has 2 N–H and O–H groups in total. The molecule has 3 aliphatic rings. The van der Waals surface area contributed by atoms with Crippen LogP contribution in [0.5, 0.6) is 0 Å². The summed E-state index contributed by atoms with van der Waals surface area (Å²) in [7, 11) is 1.75. The van der Waals surface area contributed by atoms with Crippen molar-refractivity contribution < 1.29 is 9.59 Å². The number of hydrogen-bond donors (Lipinski definition) is 2. The van der Waals surface area contributed by atoms with Crippen molar-refractivity contribution in [3.05, 3.63) is 34.5 Å². The van der Waals surface area contributed by atoms with Crippen LogP contribution >= 0.6 is 35.3 Å². The molecule has 2 aliphatic carbocycles. The fourth-order valence-corrected chi connectivity index (χ4v) is 5.31. The lowest BCUT2D eigenvalue weighted by Crippen LogP contribution is -2.40. The Morgan fingerprint density at radius 1 is 1.18 bits per heavy atom. The molecule has 0 radical (unpaired) electrons. The normalized spacial score (nSPS) is 27.9. The van der Waals surface area contributed by atoms with Crippen molar-refractivity contribution in [3.63, 3.8) is 0 Å². The number of carbonyl (C=O) groups excluding carboxylic acids is 2. The van der Waals surface area contributed by atoms with Crippen LogP contribution in [0.3, 0.4) is 0 Å². The lowest BCUT2D eigenvalue weighted by atomic mass is 9.85. The SMILES string of the molecule is CN=C(NCCCN1C(=O)C2C3C=CC(C3)C2C1=O)NCCc1ccsc1.I. The molecule has 1 saturated carbocycles. The highest BCUT2D eigenvalue weighted by Gasteiger charge is 2.58. The Morgan fingerprint density at radius 3 is 2.46 bits per heavy atom. The number of allylic oxidation sites excluding steroid dienone is 2. The van der Waals surface area contributed by atoms with E-state index >= 15 is 0 Å². The van der Waals surface area contributed by atoms with Gasteiger partial charge < -0.3 is 10.6 Å². The summed E-state index contributed by atoms with van der Waals surface area (Å²) < 4.78 is 0. The van der Waals surface area contributed by atoms with Gasteiger partial charge in [-0.1, -0.05) is 12.2 Å². The minimum atomic E-state index is -0.0907. The zero-order valence-corrected chi connectivity index (χ0v) is 19.1. The van der Waals surface area contributed by atoms with Crippen molar-refractivity contribution in [2.45, 2.75) is 19.3 Å². The summed E-state index contributed by atoms with van der Waals surface area (Å²) in [6.07, 6.45) is 6.93. The maximum absolute atomic E-state index is 12.6. The summed E-state index contributed by atoms with van der Waals surface area (Å²) in [6, 6.07) is 2.13. The number of amides is 2. The van der Waals surface area contributed by atoms with E-state index in [4.69, 9.17) is 0 Å². The van der Waals surface area contributed by atoms with Crippen LogP contribution in [0.4, 0.5) is 0 Å². The summed E-state index contributed by atoms with van der Waals surface area (Å²) in [5.74, 6) is 1.22. The number of rotatable bonds is 7. The molecule has 2 fully saturated rings. The van der Waals surface area contributed by atoms with Gasteiger partial charge in [-0.25, -0.2) is 0 Å². The minimum absolute atomic E-state index is 0. The predicted molar refractivity (Wildman–Crippen MR) is 122 cm³/mol. The van der Waals surface area contributed by atoms with E-state index in [9.17, 15) is 9.59 Å². The largest absolute Gasteiger partial charge is 0.356 e. The molecule has 2 heterocycles. The minimum Gasteiger partial charge on any atom is -0.356 e. The molecule has 4 atom stereocenters. The lowest BCUT2D eigenvalue weighted by molar-refractivity contribution is -0.140. The van der Waals surface area contributed by atoms with E-state index in [0.29, 0.717) is 13.1 Å². The quantitative estimate of drug-likeness (QED) is 0.146. The average molecular weight is 514 g/mol. The number of fused-ring (bicyclic) bond motifs is 5. The lowest BCUT2D eigenvalue weighted by Gasteiger charge is -2.18. The summed E-state index contributed by atoms with van der Waals surface area (Å²) >= 11 is 1.71. The highest BCUT2D eigenvalue weighted by atomic mass is 127. The highest BCUT2D eigenvalue weighted by Crippen LogP contribution is 2.52. The zero-order chi connectivity index (χ0) is 18.8. The van der Waals surface area contributed by atoms with Crippen LogP contribution in [0, 0.1) is 23.7 Å². The van der Waals surface area contributed by atoms with Crippen molar-refractivity contribution in [2.24, 2.45) is 28.7 Å². The van der Waals surface area contributed by atoms with Crippen LogP contribution in [0.2, 0.25) is 0 Å². The fraction of sp³-hybridized carbons (Fsp3) is 0.550. The topological polar surface area (TPSA) is 73.8 Å². The summed E-state index contributed by atoms with van der Waals surface area (Å²) in [6.45, 7) is 1.98. The fourth-order valence-electron chi connectivity index (χ4n) is 4.61. The van der Waals surface area contributed by atoms with E-state index in [1.54, 1.807) is 18.4 Å². The molecule has 1 aliphatic heterocycles. The number of nitrogens with zero attached hydrogens (tertiary/aromatic N) is 2. The van der Waals surface area contributed by atoms with Crippen molar-refractivity contribution in [1.29, 1.82) is 0 Å². The molecule has 2 amide bonds. The van der Waals surface area contributed by atoms with Gasteiger partial charge in [-0.3, -0.25) is 19.5 Å². The summed E-state index contributed by atoms with van der Waals surface area (Å²) in [5, 5.41) is 10.8. The van der Waals surface area contributed by atoms with Gasteiger partial charge in [-0.05, 0) is 53.5 Å². The predicted octanol–water partition coefficient (Wildman–Crippen LogP) is 2.27. The maximum Gasteiger partial charge on any atom is 0.233 e. The van der Waals surface area contributed by atoms with Gasteiger partial charge in [-0.2, -0.15) is 11.3 Å². The van der Waals surface area contributed by atoms with E-state index in [1.165, 1.54) is 10.5 Å². The summed E-state index contributed by atoms with van der Waals surface area (Å²) in [5.41, 5.74) is 1.32. The Bertz CT molecular complexity index is 734. The molecule has 28 heavy (non-hydrogen) atoms. The third-order valence-electron chi connectivity index (χ3n) is 5.92. The van der Waals surface area contributed by atoms with Gasteiger partial charge in [-0.15, -0.1) is 24.0 Å². The second-order valence-corrected chi connectivity index (χ2v) is 8.27. The summed E-state index contributed by atoms with van der Waals surface area (Å²) in [4.78, 5) is 31.0. The Morgan fingerprint density at radius 2 is 1.86 bits per heavy atom. The number of halogens is 1. The Hall–Kier alpha value is -1.42. The molecule has 4 unspecified atom stereocenters. The van der Waals surface area contributed by atoms with Crippen LogP contribution < -0.4 is 10.6 Å². The molecule has 8 heteroatoms. The van der Waals surface area contributed by atoms with Crippen molar-refractivity contribution in [1.82, 2.24) is 15.5 Å². The maximum atomic E-state index is 12.6. The first-order valence-corrected chi connectivity index (χ1v) is 10.6. The standard InChI is InChI=1S/C20H26N4O2S.HI/c1-21-20(23-8-5-13-6-10-27-12-13)22-7-2-9-24-18(25)16-14-3-4-15(11-14)17(16)19(24)26;/h3-4,6,10,12,14-17H,2,5,7-9,11H2,1H3,(H2,21,22,23);1H. The molecule has 1 aromatic heterocycles. The Kier molecular flexibility index (Phi) is 7.14. The molecule has 0 spiro atoms. The first kappa shape index (κ1) is 21.3. The number of nitrogens with one attached hydrogen (secondary N) is 2. The van der Waals surface area contributed by atoms with Gasteiger partial charge in [0.15, 0.2) is 5.96 Å². The van der Waals surface area contributed by atoms with Crippen molar-refractivity contribution in [2.75, 3.05) is 26.7 Å². The van der Waals surface area contributed by atoms with E-state index in [2.05, 4.69) is 44.6 Å². The van der Waals surface area contributed by atoms with E-state index < -0.39 is 0 Å². The average Bonchev–Trinajstić information content (AvgIpc) is 3.44. The number of carbonyl (C=O) groups is 2. The number of guanidine groups is 1. The van der Waals surface area contributed by atoms with E-state index in [0.717, 1.165) is 31.8 Å². The molecule has 4 rings (SSSR count). The highest BCUT2D eigenvalue weighted by molar-refractivity contribution is 14.0. The number of imide groups is 1. The molecule has 2 bridgehead atoms. The van der Waals surface area contributed by atoms with Crippen LogP contribution in [-0.2, 0) is 16.0 Å². The van der Waals surface area contributed by atoms with Crippen molar-refractivity contribution in [3.8, 4) is 0 Å². The molecular formula is C20H27IN4O2S. The van der Waals surface area contributed by atoms with E-state index in [1.807, 2.05) is 0 Å². The van der Waals surface area contributed by atoms with Crippen LogP contribution in [0.1, 0.15) is 18.4 Å². The van der Waals surface area contributed by atoms with Gasteiger partial charge in [0.2, 0.25) is 11.8 Å². The van der Waals surface area contributed by atoms with Gasteiger partial charge >= 0.3 is 0 Å². The van der Waals surface area contributed by atoms with Gasteiger partial charge in [0.1, 0.15) is 0 Å². The molecule has 0 aromatic carbocycles.